The molecule has 0 aromatic heterocycles. The molecule has 2 aliphatic heterocycles. The van der Waals surface area contributed by atoms with E-state index in [1.165, 1.54) is 18.2 Å². The first-order valence-corrected chi connectivity index (χ1v) is 9.68. The quantitative estimate of drug-likeness (QED) is 0.246. The Balaban J connectivity index is 1.66. The molecule has 0 bridgehead atoms. The highest BCUT2D eigenvalue weighted by atomic mass is 16.5. The molecule has 10 heteroatoms. The van der Waals surface area contributed by atoms with Gasteiger partial charge in [0.2, 0.25) is 11.8 Å². The molecule has 2 heterocycles. The number of imide groups is 2. The molecule has 1 aromatic rings. The smallest absolute Gasteiger partial charge is 0.266 e. The molecule has 3 rings (SSSR count). The number of piperidine rings is 1. The zero-order valence-corrected chi connectivity index (χ0v) is 16.4. The largest absolute Gasteiger partial charge is 0.483 e. The summed E-state index contributed by atoms with van der Waals surface area (Å²) in [7, 11) is 0. The Morgan fingerprint density at radius 1 is 1.23 bits per heavy atom. The second-order valence-corrected chi connectivity index (χ2v) is 6.97. The van der Waals surface area contributed by atoms with Crippen LogP contribution in [0.2, 0.25) is 0 Å². The Labute approximate surface area is 172 Å². The number of ether oxygens (including phenoxy) is 1. The van der Waals surface area contributed by atoms with Gasteiger partial charge in [-0.25, -0.2) is 0 Å². The molecule has 0 spiro atoms. The van der Waals surface area contributed by atoms with Gasteiger partial charge in [-0.1, -0.05) is 6.07 Å². The van der Waals surface area contributed by atoms with Gasteiger partial charge in [0.15, 0.2) is 6.61 Å². The molecule has 5 amide bonds. The lowest BCUT2D eigenvalue weighted by molar-refractivity contribution is -0.447. The van der Waals surface area contributed by atoms with Gasteiger partial charge in [0.05, 0.1) is 11.1 Å². The van der Waals surface area contributed by atoms with E-state index in [0.717, 1.165) is 24.3 Å². The van der Waals surface area contributed by atoms with Gasteiger partial charge in [-0.2, -0.15) is 0 Å². The van der Waals surface area contributed by atoms with Gasteiger partial charge < -0.3 is 10.1 Å². The number of amides is 5. The standard InChI is InChI=1S/C20H22N4O6/c1-21-9-2-3-10-22-16(26)11-30-14-6-4-5-12-17(14)20(29)24(19(12)28)13-7-8-15(25)23-18(13)27/h4-6,13H,1-3,7-11H2,(H,22,26)(H,23,25,27)/p+1. The van der Waals surface area contributed by atoms with Gasteiger partial charge in [0.1, 0.15) is 25.1 Å². The molecule has 3 N–H and O–H groups in total. The van der Waals surface area contributed by atoms with Crippen LogP contribution in [0.5, 0.6) is 5.75 Å². The van der Waals surface area contributed by atoms with Crippen LogP contribution < -0.4 is 20.4 Å². The summed E-state index contributed by atoms with van der Waals surface area (Å²) >= 11 is 0. The van der Waals surface area contributed by atoms with Crippen LogP contribution in [0, 0.1) is 0 Å². The number of hydrogen-bond donors (Lipinski definition) is 3. The number of nitrogens with one attached hydrogen (secondary N) is 3. The summed E-state index contributed by atoms with van der Waals surface area (Å²) in [6.45, 7) is 4.43. The lowest BCUT2D eigenvalue weighted by atomic mass is 10.0. The highest BCUT2D eigenvalue weighted by molar-refractivity contribution is 6.24. The van der Waals surface area contributed by atoms with Gasteiger partial charge in [0, 0.05) is 19.4 Å². The number of rotatable bonds is 9. The van der Waals surface area contributed by atoms with Gasteiger partial charge in [-0.15, -0.1) is 0 Å². The van der Waals surface area contributed by atoms with Crippen molar-refractivity contribution < 1.29 is 33.7 Å². The Bertz CT molecular complexity index is 913. The van der Waals surface area contributed by atoms with Crippen LogP contribution in [0.3, 0.4) is 0 Å². The molecule has 2 aliphatic rings. The number of carbonyl (C=O) groups is 5. The summed E-state index contributed by atoms with van der Waals surface area (Å²) < 4.78 is 5.50. The predicted octanol–water partition coefficient (Wildman–Crippen LogP) is -1.86. The number of hydrogen-bond acceptors (Lipinski definition) is 6. The number of unbranched alkanes of at least 4 members (excludes halogenated alkanes) is 1. The predicted molar refractivity (Wildman–Crippen MR) is 104 cm³/mol. The average molecular weight is 415 g/mol. The summed E-state index contributed by atoms with van der Waals surface area (Å²) in [4.78, 5) is 64.8. The third-order valence-corrected chi connectivity index (χ3v) is 4.89. The molecule has 0 aliphatic carbocycles. The summed E-state index contributed by atoms with van der Waals surface area (Å²) in [6, 6.07) is 3.44. The molecule has 1 atom stereocenters. The second-order valence-electron chi connectivity index (χ2n) is 6.97. The molecule has 1 saturated heterocycles. The fourth-order valence-electron chi connectivity index (χ4n) is 3.40. The maximum absolute atomic E-state index is 12.9. The van der Waals surface area contributed by atoms with Crippen molar-refractivity contribution >= 4 is 36.3 Å². The Kier molecular flexibility index (Phi) is 6.55. The van der Waals surface area contributed by atoms with E-state index in [9.17, 15) is 24.0 Å². The molecular weight excluding hydrogens is 392 g/mol. The average Bonchev–Trinajstić information content (AvgIpc) is 2.97. The van der Waals surface area contributed by atoms with Gasteiger partial charge in [-0.3, -0.25) is 39.2 Å². The molecule has 1 aromatic carbocycles. The minimum atomic E-state index is -1.06. The molecule has 10 nitrogen and oxygen atoms in total. The highest BCUT2D eigenvalue weighted by Crippen LogP contribution is 2.33. The van der Waals surface area contributed by atoms with Crippen molar-refractivity contribution in [3.63, 3.8) is 0 Å². The first-order chi connectivity index (χ1) is 14.4. The number of benzene rings is 1. The van der Waals surface area contributed by atoms with Crippen LogP contribution in [0.4, 0.5) is 0 Å². The monoisotopic (exact) mass is 415 g/mol. The summed E-state index contributed by atoms with van der Waals surface area (Å²) in [6.07, 6.45) is 1.75. The third kappa shape index (κ3) is 4.37. The van der Waals surface area contributed by atoms with Crippen molar-refractivity contribution in [2.24, 2.45) is 0 Å². The topological polar surface area (TPSA) is 136 Å². The molecular formula is C20H23N4O6+. The lowest BCUT2D eigenvalue weighted by Gasteiger charge is -2.27. The normalized spacial score (nSPS) is 18.1. The summed E-state index contributed by atoms with van der Waals surface area (Å²) in [5, 5.41) is 4.86. The van der Waals surface area contributed by atoms with Crippen LogP contribution in [-0.2, 0) is 14.4 Å². The minimum Gasteiger partial charge on any atom is -0.483 e. The summed E-state index contributed by atoms with van der Waals surface area (Å²) in [5.41, 5.74) is 0.116. The van der Waals surface area contributed by atoms with Crippen LogP contribution in [0.25, 0.3) is 0 Å². The van der Waals surface area contributed by atoms with Crippen molar-refractivity contribution in [1.82, 2.24) is 15.5 Å². The van der Waals surface area contributed by atoms with E-state index in [0.29, 0.717) is 6.54 Å². The van der Waals surface area contributed by atoms with Crippen molar-refractivity contribution in [2.75, 3.05) is 19.7 Å². The maximum atomic E-state index is 12.9. The maximum Gasteiger partial charge on any atom is 0.266 e. The second kappa shape index (κ2) is 9.29. The Morgan fingerprint density at radius 2 is 2.03 bits per heavy atom. The minimum absolute atomic E-state index is 0.0153. The van der Waals surface area contributed by atoms with E-state index in [1.807, 2.05) is 0 Å². The van der Waals surface area contributed by atoms with Crippen molar-refractivity contribution in [3.05, 3.63) is 29.3 Å². The van der Waals surface area contributed by atoms with Crippen LogP contribution >= 0.6 is 0 Å². The zero-order chi connectivity index (χ0) is 21.7. The number of nitrogens with zero attached hydrogens (tertiary/aromatic N) is 1. The van der Waals surface area contributed by atoms with Gasteiger partial charge in [-0.05, 0) is 25.0 Å². The van der Waals surface area contributed by atoms with Crippen LogP contribution in [0.1, 0.15) is 46.4 Å². The fraction of sp³-hybridized carbons (Fsp3) is 0.400. The Hall–Kier alpha value is -3.56. The molecule has 1 unspecified atom stereocenters. The van der Waals surface area contributed by atoms with E-state index in [1.54, 1.807) is 0 Å². The SMILES string of the molecule is C=[NH+]CCCCNC(=O)COc1cccc2c1C(=O)N(C1CCC(=O)NC1=O)C2=O. The molecule has 0 saturated carbocycles. The van der Waals surface area contributed by atoms with Gasteiger partial charge >= 0.3 is 0 Å². The molecule has 158 valence electrons. The van der Waals surface area contributed by atoms with Crippen molar-refractivity contribution in [2.45, 2.75) is 31.7 Å². The number of fused-ring (bicyclic) bond motifs is 1. The lowest BCUT2D eigenvalue weighted by Crippen LogP contribution is -2.65. The molecule has 0 radical (unpaired) electrons. The van der Waals surface area contributed by atoms with Crippen LogP contribution in [0.15, 0.2) is 18.2 Å². The van der Waals surface area contributed by atoms with Crippen LogP contribution in [-0.4, -0.2) is 66.9 Å². The van der Waals surface area contributed by atoms with E-state index in [-0.39, 0.29) is 42.2 Å². The summed E-state index contributed by atoms with van der Waals surface area (Å²) in [5.74, 6) is -2.69. The highest BCUT2D eigenvalue weighted by Gasteiger charge is 2.46. The van der Waals surface area contributed by atoms with Crippen molar-refractivity contribution in [3.8, 4) is 5.75 Å². The fourth-order valence-corrected chi connectivity index (χ4v) is 3.40. The first-order valence-electron chi connectivity index (χ1n) is 9.68. The van der Waals surface area contributed by atoms with E-state index >= 15 is 0 Å². The number of carbonyl (C=O) groups excluding carboxylic acids is 5. The van der Waals surface area contributed by atoms with Crippen molar-refractivity contribution in [1.29, 1.82) is 0 Å². The van der Waals surface area contributed by atoms with E-state index < -0.39 is 29.7 Å². The van der Waals surface area contributed by atoms with E-state index in [4.69, 9.17) is 4.74 Å². The molecule has 30 heavy (non-hydrogen) atoms. The van der Waals surface area contributed by atoms with Gasteiger partial charge in [0.25, 0.3) is 17.7 Å². The molecule has 1 fully saturated rings. The Morgan fingerprint density at radius 3 is 2.77 bits per heavy atom. The first kappa shape index (κ1) is 21.2. The van der Waals surface area contributed by atoms with E-state index in [2.05, 4.69) is 22.3 Å². The third-order valence-electron chi connectivity index (χ3n) is 4.89. The zero-order valence-electron chi connectivity index (χ0n) is 16.4.